The molecule has 0 radical (unpaired) electrons. The zero-order valence-corrected chi connectivity index (χ0v) is 9.08. The zero-order valence-electron chi connectivity index (χ0n) is 8.26. The van der Waals surface area contributed by atoms with Crippen molar-refractivity contribution in [2.24, 2.45) is 7.05 Å². The molecule has 1 amide bonds. The van der Waals surface area contributed by atoms with E-state index in [1.54, 1.807) is 17.8 Å². The van der Waals surface area contributed by atoms with Crippen LogP contribution in [0.4, 0.5) is 5.82 Å². The monoisotopic (exact) mass is 223 g/mol. The molecule has 0 fully saturated rings. The highest BCUT2D eigenvalue weighted by molar-refractivity contribution is 6.99. The van der Waals surface area contributed by atoms with E-state index in [9.17, 15) is 4.79 Å². The first-order valence-corrected chi connectivity index (χ1v) is 4.99. The van der Waals surface area contributed by atoms with Crippen LogP contribution in [-0.2, 0) is 7.05 Å². The number of rotatable bonds is 2. The Bertz CT molecular complexity index is 456. The second kappa shape index (κ2) is 3.77. The Kier molecular flexibility index (Phi) is 2.46. The SMILES string of the molecule is Cc1cc(C(=O)Nc2cnsn2)nn1C. The lowest BCUT2D eigenvalue weighted by Crippen LogP contribution is -2.13. The van der Waals surface area contributed by atoms with Crippen LogP contribution in [0.15, 0.2) is 12.3 Å². The number of amides is 1. The Morgan fingerprint density at radius 1 is 1.60 bits per heavy atom. The molecule has 1 N–H and O–H groups in total. The van der Waals surface area contributed by atoms with E-state index >= 15 is 0 Å². The van der Waals surface area contributed by atoms with Crippen molar-refractivity contribution in [3.8, 4) is 0 Å². The fourth-order valence-corrected chi connectivity index (χ4v) is 1.45. The lowest BCUT2D eigenvalue weighted by molar-refractivity contribution is 0.102. The van der Waals surface area contributed by atoms with Crippen molar-refractivity contribution in [2.45, 2.75) is 6.92 Å². The minimum Gasteiger partial charge on any atom is -0.303 e. The van der Waals surface area contributed by atoms with E-state index in [0.29, 0.717) is 11.5 Å². The molecule has 0 bridgehead atoms. The van der Waals surface area contributed by atoms with Crippen LogP contribution in [0.3, 0.4) is 0 Å². The Labute approximate surface area is 90.3 Å². The van der Waals surface area contributed by atoms with Gasteiger partial charge in [0, 0.05) is 12.7 Å². The van der Waals surface area contributed by atoms with Gasteiger partial charge in [0.25, 0.3) is 5.91 Å². The Hall–Kier alpha value is -1.76. The van der Waals surface area contributed by atoms with Crippen LogP contribution in [0.25, 0.3) is 0 Å². The maximum Gasteiger partial charge on any atom is 0.277 e. The normalized spacial score (nSPS) is 10.3. The lowest BCUT2D eigenvalue weighted by Gasteiger charge is -1.95. The number of hydrogen-bond acceptors (Lipinski definition) is 5. The van der Waals surface area contributed by atoms with Crippen molar-refractivity contribution in [2.75, 3.05) is 5.32 Å². The topological polar surface area (TPSA) is 72.7 Å². The van der Waals surface area contributed by atoms with Gasteiger partial charge in [-0.1, -0.05) is 0 Å². The Morgan fingerprint density at radius 2 is 2.40 bits per heavy atom. The summed E-state index contributed by atoms with van der Waals surface area (Å²) in [6, 6.07) is 1.72. The van der Waals surface area contributed by atoms with Crippen LogP contribution in [0.2, 0.25) is 0 Å². The fraction of sp³-hybridized carbons (Fsp3) is 0.250. The van der Waals surface area contributed by atoms with Gasteiger partial charge in [-0.3, -0.25) is 9.48 Å². The Balaban J connectivity index is 2.15. The van der Waals surface area contributed by atoms with Crippen LogP contribution in [0, 0.1) is 6.92 Å². The summed E-state index contributed by atoms with van der Waals surface area (Å²) >= 11 is 1.04. The van der Waals surface area contributed by atoms with Gasteiger partial charge in [0.05, 0.1) is 17.9 Å². The first-order chi connectivity index (χ1) is 7.16. The molecule has 0 spiro atoms. The first-order valence-electron chi connectivity index (χ1n) is 4.26. The fourth-order valence-electron chi connectivity index (χ4n) is 1.07. The third kappa shape index (κ3) is 2.01. The van der Waals surface area contributed by atoms with Gasteiger partial charge in [-0.15, -0.1) is 0 Å². The molecule has 0 aliphatic heterocycles. The van der Waals surface area contributed by atoms with E-state index in [1.807, 2.05) is 6.92 Å². The van der Waals surface area contributed by atoms with Crippen LogP contribution in [0.5, 0.6) is 0 Å². The van der Waals surface area contributed by atoms with Crippen molar-refractivity contribution in [1.82, 2.24) is 18.5 Å². The quantitative estimate of drug-likeness (QED) is 0.818. The van der Waals surface area contributed by atoms with E-state index in [4.69, 9.17) is 0 Å². The Morgan fingerprint density at radius 3 is 2.93 bits per heavy atom. The number of nitrogens with one attached hydrogen (secondary N) is 1. The predicted octanol–water partition coefficient (Wildman–Crippen LogP) is 0.832. The minimum atomic E-state index is -0.272. The van der Waals surface area contributed by atoms with E-state index in [0.717, 1.165) is 17.4 Å². The summed E-state index contributed by atoms with van der Waals surface area (Å²) in [5.74, 6) is 0.180. The summed E-state index contributed by atoms with van der Waals surface area (Å²) in [6.45, 7) is 1.88. The maximum absolute atomic E-state index is 11.6. The molecular weight excluding hydrogens is 214 g/mol. The molecule has 7 heteroatoms. The smallest absolute Gasteiger partial charge is 0.277 e. The number of aryl methyl sites for hydroxylation is 2. The number of hydrogen-bond donors (Lipinski definition) is 1. The van der Waals surface area contributed by atoms with Crippen molar-refractivity contribution >= 4 is 23.5 Å². The van der Waals surface area contributed by atoms with E-state index in [-0.39, 0.29) is 5.91 Å². The van der Waals surface area contributed by atoms with Gasteiger partial charge >= 0.3 is 0 Å². The minimum absolute atomic E-state index is 0.272. The van der Waals surface area contributed by atoms with Crippen molar-refractivity contribution < 1.29 is 4.79 Å². The zero-order chi connectivity index (χ0) is 10.8. The van der Waals surface area contributed by atoms with Gasteiger partial charge in [-0.25, -0.2) is 0 Å². The summed E-state index contributed by atoms with van der Waals surface area (Å²) < 4.78 is 9.30. The molecule has 15 heavy (non-hydrogen) atoms. The van der Waals surface area contributed by atoms with E-state index in [2.05, 4.69) is 19.2 Å². The summed E-state index contributed by atoms with van der Waals surface area (Å²) in [5.41, 5.74) is 1.31. The number of aromatic nitrogens is 4. The molecule has 2 aromatic rings. The molecule has 2 aromatic heterocycles. The number of carbonyl (C=O) groups is 1. The highest BCUT2D eigenvalue weighted by atomic mass is 32.1. The van der Waals surface area contributed by atoms with Gasteiger partial charge < -0.3 is 5.32 Å². The molecule has 0 unspecified atom stereocenters. The largest absolute Gasteiger partial charge is 0.303 e. The average Bonchev–Trinajstić information content (AvgIpc) is 2.78. The van der Waals surface area contributed by atoms with E-state index < -0.39 is 0 Å². The molecule has 0 aromatic carbocycles. The van der Waals surface area contributed by atoms with Crippen molar-refractivity contribution in [3.05, 3.63) is 23.7 Å². The van der Waals surface area contributed by atoms with Crippen LogP contribution >= 0.6 is 11.7 Å². The molecular formula is C8H9N5OS. The number of anilines is 1. The molecule has 0 saturated heterocycles. The van der Waals surface area contributed by atoms with Crippen molar-refractivity contribution in [1.29, 1.82) is 0 Å². The number of carbonyl (C=O) groups excluding carboxylic acids is 1. The maximum atomic E-state index is 11.6. The van der Waals surface area contributed by atoms with E-state index in [1.165, 1.54) is 6.20 Å². The van der Waals surface area contributed by atoms with Crippen LogP contribution in [0.1, 0.15) is 16.2 Å². The summed E-state index contributed by atoms with van der Waals surface area (Å²) in [7, 11) is 1.79. The first kappa shape index (κ1) is 9.78. The summed E-state index contributed by atoms with van der Waals surface area (Å²) in [4.78, 5) is 11.6. The standard InChI is InChI=1S/C8H9N5OS/c1-5-3-6(11-13(5)2)8(14)10-7-4-9-15-12-7/h3-4H,1-2H3,(H,10,12,14). The molecule has 0 atom stereocenters. The third-order valence-corrected chi connectivity index (χ3v) is 2.43. The second-order valence-electron chi connectivity index (χ2n) is 3.04. The average molecular weight is 223 g/mol. The molecule has 78 valence electrons. The molecule has 6 nitrogen and oxygen atoms in total. The number of nitrogens with zero attached hydrogens (tertiary/aromatic N) is 4. The van der Waals surface area contributed by atoms with Gasteiger partial charge in [-0.05, 0) is 13.0 Å². The molecule has 0 aliphatic carbocycles. The molecule has 2 rings (SSSR count). The van der Waals surface area contributed by atoms with Crippen LogP contribution in [-0.4, -0.2) is 24.4 Å². The lowest BCUT2D eigenvalue weighted by atomic mass is 10.3. The molecule has 0 saturated carbocycles. The molecule has 2 heterocycles. The summed E-state index contributed by atoms with van der Waals surface area (Å²) in [5, 5.41) is 6.65. The van der Waals surface area contributed by atoms with Crippen molar-refractivity contribution in [3.63, 3.8) is 0 Å². The second-order valence-corrected chi connectivity index (χ2v) is 3.60. The van der Waals surface area contributed by atoms with Gasteiger partial charge in [-0.2, -0.15) is 13.8 Å². The van der Waals surface area contributed by atoms with Gasteiger partial charge in [0.15, 0.2) is 11.5 Å². The third-order valence-electron chi connectivity index (χ3n) is 1.95. The van der Waals surface area contributed by atoms with Gasteiger partial charge in [0.2, 0.25) is 0 Å². The highest BCUT2D eigenvalue weighted by Crippen LogP contribution is 2.06. The van der Waals surface area contributed by atoms with Crippen LogP contribution < -0.4 is 5.32 Å². The predicted molar refractivity (Wildman–Crippen MR) is 55.8 cm³/mol. The van der Waals surface area contributed by atoms with Gasteiger partial charge in [0.1, 0.15) is 0 Å². The summed E-state index contributed by atoms with van der Waals surface area (Å²) in [6.07, 6.45) is 1.50. The highest BCUT2D eigenvalue weighted by Gasteiger charge is 2.11. The molecule has 0 aliphatic rings.